The molecular weight excluding hydrogens is 226 g/mol. The lowest BCUT2D eigenvalue weighted by atomic mass is 10.1. The minimum atomic E-state index is -0.147. The highest BCUT2D eigenvalue weighted by atomic mass is 16.5. The maximum Gasteiger partial charge on any atom is 0.328 e. The van der Waals surface area contributed by atoms with E-state index in [-0.39, 0.29) is 12.0 Å². The summed E-state index contributed by atoms with van der Waals surface area (Å²) in [6.45, 7) is 0.529. The van der Waals surface area contributed by atoms with Crippen LogP contribution in [0.15, 0.2) is 42.5 Å². The van der Waals surface area contributed by atoms with Crippen molar-refractivity contribution >= 4 is 22.4 Å². The van der Waals surface area contributed by atoms with Crippen molar-refractivity contribution in [2.24, 2.45) is 0 Å². The van der Waals surface area contributed by atoms with Crippen LogP contribution < -0.4 is 4.90 Å². The van der Waals surface area contributed by atoms with Gasteiger partial charge in [-0.2, -0.15) is 0 Å². The molecule has 92 valence electrons. The van der Waals surface area contributed by atoms with Crippen LogP contribution in [-0.4, -0.2) is 25.7 Å². The van der Waals surface area contributed by atoms with Crippen LogP contribution in [0, 0.1) is 0 Å². The maximum absolute atomic E-state index is 11.6. The second kappa shape index (κ2) is 4.33. The van der Waals surface area contributed by atoms with Crippen molar-refractivity contribution in [2.45, 2.75) is 12.5 Å². The highest BCUT2D eigenvalue weighted by Gasteiger charge is 2.30. The fourth-order valence-corrected chi connectivity index (χ4v) is 2.41. The minimum absolute atomic E-state index is 0.120. The number of hydrogen-bond donors (Lipinski definition) is 0. The van der Waals surface area contributed by atoms with Crippen LogP contribution in [0.4, 0.5) is 5.69 Å². The van der Waals surface area contributed by atoms with E-state index in [2.05, 4.69) is 24.3 Å². The summed E-state index contributed by atoms with van der Waals surface area (Å²) in [6, 6.07) is 14.3. The minimum Gasteiger partial charge on any atom is -0.464 e. The van der Waals surface area contributed by atoms with E-state index in [9.17, 15) is 4.79 Å². The summed E-state index contributed by atoms with van der Waals surface area (Å²) < 4.78 is 5.01. The van der Waals surface area contributed by atoms with Gasteiger partial charge in [0.05, 0.1) is 6.61 Å². The highest BCUT2D eigenvalue weighted by molar-refractivity contribution is 5.87. The first-order chi connectivity index (χ1) is 8.75. The Morgan fingerprint density at radius 1 is 1.17 bits per heavy atom. The predicted molar refractivity (Wildman–Crippen MR) is 71.7 cm³/mol. The van der Waals surface area contributed by atoms with Crippen molar-refractivity contribution in [1.29, 1.82) is 0 Å². The molecule has 1 aliphatic rings. The quantitative estimate of drug-likeness (QED) is 0.757. The molecule has 1 fully saturated rings. The lowest BCUT2D eigenvalue weighted by Crippen LogP contribution is -2.35. The first-order valence-corrected chi connectivity index (χ1v) is 6.14. The van der Waals surface area contributed by atoms with Crippen LogP contribution in [-0.2, 0) is 9.53 Å². The van der Waals surface area contributed by atoms with E-state index in [1.54, 1.807) is 0 Å². The van der Waals surface area contributed by atoms with Gasteiger partial charge in [-0.25, -0.2) is 4.79 Å². The van der Waals surface area contributed by atoms with Crippen molar-refractivity contribution in [3.63, 3.8) is 0 Å². The van der Waals surface area contributed by atoms with Crippen LogP contribution in [0.25, 0.3) is 10.8 Å². The molecule has 3 rings (SSSR count). The fourth-order valence-electron chi connectivity index (χ4n) is 2.41. The van der Waals surface area contributed by atoms with Gasteiger partial charge in [0.2, 0.25) is 0 Å². The van der Waals surface area contributed by atoms with Crippen LogP contribution in [0.1, 0.15) is 6.42 Å². The average molecular weight is 241 g/mol. The van der Waals surface area contributed by atoms with E-state index in [1.807, 2.05) is 30.1 Å². The number of likely N-dealkylation sites (N-methyl/N-ethyl adjacent to an activating group) is 1. The molecule has 3 heteroatoms. The predicted octanol–water partition coefficient (Wildman–Crippen LogP) is 2.59. The monoisotopic (exact) mass is 241 g/mol. The summed E-state index contributed by atoms with van der Waals surface area (Å²) in [5.41, 5.74) is 1.05. The molecule has 1 unspecified atom stereocenters. The van der Waals surface area contributed by atoms with Gasteiger partial charge in [-0.1, -0.05) is 30.3 Å². The van der Waals surface area contributed by atoms with Gasteiger partial charge in [0.15, 0.2) is 0 Å². The molecule has 0 N–H and O–H groups in total. The fraction of sp³-hybridized carbons (Fsp3) is 0.267. The molecule has 0 spiro atoms. The van der Waals surface area contributed by atoms with E-state index in [1.165, 1.54) is 10.8 Å². The Bertz CT molecular complexity index is 594. The van der Waals surface area contributed by atoms with Crippen LogP contribution in [0.3, 0.4) is 0 Å². The molecule has 1 atom stereocenters. The largest absolute Gasteiger partial charge is 0.464 e. The lowest BCUT2D eigenvalue weighted by molar-refractivity contribution is -0.139. The third-order valence-electron chi connectivity index (χ3n) is 3.52. The zero-order valence-corrected chi connectivity index (χ0v) is 10.3. The Hall–Kier alpha value is -2.03. The molecular formula is C15H15NO2. The molecule has 0 aromatic heterocycles. The van der Waals surface area contributed by atoms with Crippen molar-refractivity contribution in [3.8, 4) is 0 Å². The molecule has 2 aromatic rings. The van der Waals surface area contributed by atoms with Crippen LogP contribution >= 0.6 is 0 Å². The van der Waals surface area contributed by atoms with Crippen molar-refractivity contribution in [2.75, 3.05) is 18.6 Å². The summed E-state index contributed by atoms with van der Waals surface area (Å²) in [6.07, 6.45) is 0.766. The topological polar surface area (TPSA) is 29.5 Å². The number of nitrogens with zero attached hydrogens (tertiary/aromatic N) is 1. The number of anilines is 1. The summed E-state index contributed by atoms with van der Waals surface area (Å²) >= 11 is 0. The number of ether oxygens (including phenoxy) is 1. The number of carbonyl (C=O) groups is 1. The van der Waals surface area contributed by atoms with E-state index >= 15 is 0 Å². The van der Waals surface area contributed by atoms with Gasteiger partial charge in [0, 0.05) is 19.2 Å². The van der Waals surface area contributed by atoms with E-state index in [0.29, 0.717) is 6.61 Å². The van der Waals surface area contributed by atoms with Gasteiger partial charge in [0.25, 0.3) is 0 Å². The lowest BCUT2D eigenvalue weighted by Gasteiger charge is -2.23. The van der Waals surface area contributed by atoms with Crippen LogP contribution in [0.5, 0.6) is 0 Å². The summed E-state index contributed by atoms with van der Waals surface area (Å²) in [4.78, 5) is 13.6. The molecule has 1 heterocycles. The number of hydrogen-bond acceptors (Lipinski definition) is 3. The SMILES string of the molecule is CN(c1ccc2ccccc2c1)C1CCOC1=O. The van der Waals surface area contributed by atoms with Crippen LogP contribution in [0.2, 0.25) is 0 Å². The summed E-state index contributed by atoms with van der Waals surface area (Å²) in [7, 11) is 1.95. The van der Waals surface area contributed by atoms with Gasteiger partial charge in [-0.05, 0) is 22.9 Å². The van der Waals surface area contributed by atoms with Crippen molar-refractivity contribution < 1.29 is 9.53 Å². The molecule has 1 saturated heterocycles. The number of rotatable bonds is 2. The number of benzene rings is 2. The maximum atomic E-state index is 11.6. The smallest absolute Gasteiger partial charge is 0.328 e. The Balaban J connectivity index is 1.96. The van der Waals surface area contributed by atoms with E-state index in [0.717, 1.165) is 12.1 Å². The Kier molecular flexibility index (Phi) is 2.67. The van der Waals surface area contributed by atoms with Gasteiger partial charge in [-0.3, -0.25) is 0 Å². The molecule has 0 aliphatic carbocycles. The molecule has 3 nitrogen and oxygen atoms in total. The number of esters is 1. The number of cyclic esters (lactones) is 1. The average Bonchev–Trinajstić information content (AvgIpc) is 2.83. The zero-order chi connectivity index (χ0) is 12.5. The molecule has 1 aliphatic heterocycles. The molecule has 0 radical (unpaired) electrons. The Morgan fingerprint density at radius 3 is 2.67 bits per heavy atom. The summed E-state index contributed by atoms with van der Waals surface area (Å²) in [5, 5.41) is 2.40. The first-order valence-electron chi connectivity index (χ1n) is 6.14. The van der Waals surface area contributed by atoms with Gasteiger partial charge in [-0.15, -0.1) is 0 Å². The molecule has 0 saturated carbocycles. The molecule has 2 aromatic carbocycles. The van der Waals surface area contributed by atoms with E-state index in [4.69, 9.17) is 4.74 Å². The second-order valence-electron chi connectivity index (χ2n) is 4.61. The van der Waals surface area contributed by atoms with Gasteiger partial charge in [0.1, 0.15) is 6.04 Å². The molecule has 0 amide bonds. The van der Waals surface area contributed by atoms with E-state index < -0.39 is 0 Å². The number of carbonyl (C=O) groups excluding carboxylic acids is 1. The molecule has 18 heavy (non-hydrogen) atoms. The highest BCUT2D eigenvalue weighted by Crippen LogP contribution is 2.25. The van der Waals surface area contributed by atoms with Crippen molar-refractivity contribution in [3.05, 3.63) is 42.5 Å². The Morgan fingerprint density at radius 2 is 1.94 bits per heavy atom. The standard InChI is InChI=1S/C15H15NO2/c1-16(14-8-9-18-15(14)17)13-7-6-11-4-2-3-5-12(11)10-13/h2-7,10,14H,8-9H2,1H3. The third-order valence-corrected chi connectivity index (χ3v) is 3.52. The third kappa shape index (κ3) is 1.82. The van der Waals surface area contributed by atoms with Gasteiger partial charge < -0.3 is 9.64 Å². The Labute approximate surface area is 106 Å². The molecule has 0 bridgehead atoms. The normalized spacial score (nSPS) is 18.9. The van der Waals surface area contributed by atoms with Crippen molar-refractivity contribution in [1.82, 2.24) is 0 Å². The number of fused-ring (bicyclic) bond motifs is 1. The zero-order valence-electron chi connectivity index (χ0n) is 10.3. The first kappa shape index (κ1) is 11.1. The second-order valence-corrected chi connectivity index (χ2v) is 4.61. The van der Waals surface area contributed by atoms with Gasteiger partial charge >= 0.3 is 5.97 Å². The summed E-state index contributed by atoms with van der Waals surface area (Å²) in [5.74, 6) is -0.120.